The first-order valence-electron chi connectivity index (χ1n) is 11.8. The van der Waals surface area contributed by atoms with Crippen LogP contribution in [0.3, 0.4) is 0 Å². The zero-order valence-electron chi connectivity index (χ0n) is 20.5. The van der Waals surface area contributed by atoms with Crippen LogP contribution in [0.5, 0.6) is 0 Å². The van der Waals surface area contributed by atoms with E-state index >= 15 is 0 Å². The van der Waals surface area contributed by atoms with E-state index in [-0.39, 0.29) is 29.6 Å². The fourth-order valence-corrected chi connectivity index (χ4v) is 4.77. The van der Waals surface area contributed by atoms with E-state index in [9.17, 15) is 19.5 Å². The first kappa shape index (κ1) is 26.6. The van der Waals surface area contributed by atoms with Crippen LogP contribution in [0.25, 0.3) is 11.1 Å². The molecule has 35 heavy (non-hydrogen) atoms. The molecule has 0 fully saturated rings. The number of rotatable bonds is 11. The van der Waals surface area contributed by atoms with Gasteiger partial charge < -0.3 is 20.5 Å². The van der Waals surface area contributed by atoms with Crippen molar-refractivity contribution in [2.45, 2.75) is 45.6 Å². The Morgan fingerprint density at radius 2 is 1.63 bits per heavy atom. The third kappa shape index (κ3) is 7.75. The van der Waals surface area contributed by atoms with Crippen molar-refractivity contribution in [1.82, 2.24) is 10.6 Å². The largest absolute Gasteiger partial charge is 0.480 e. The molecule has 188 valence electrons. The van der Waals surface area contributed by atoms with Crippen LogP contribution in [0, 0.1) is 5.41 Å². The van der Waals surface area contributed by atoms with Crippen molar-refractivity contribution < 1.29 is 24.2 Å². The molecule has 8 heteroatoms. The quantitative estimate of drug-likeness (QED) is 0.390. The van der Waals surface area contributed by atoms with Crippen LogP contribution >= 0.6 is 11.8 Å². The summed E-state index contributed by atoms with van der Waals surface area (Å²) in [7, 11) is 0. The van der Waals surface area contributed by atoms with E-state index < -0.39 is 18.1 Å². The van der Waals surface area contributed by atoms with Gasteiger partial charge in [0.05, 0.1) is 5.75 Å². The third-order valence-electron chi connectivity index (χ3n) is 5.91. The molecule has 0 bridgehead atoms. The number of carboxylic acid groups (broad SMARTS) is 1. The molecule has 2 aromatic carbocycles. The molecule has 7 nitrogen and oxygen atoms in total. The van der Waals surface area contributed by atoms with Gasteiger partial charge in [0, 0.05) is 18.2 Å². The van der Waals surface area contributed by atoms with E-state index in [1.807, 2.05) is 45.0 Å². The second-order valence-corrected chi connectivity index (χ2v) is 11.0. The molecule has 2 amide bonds. The molecule has 3 N–H and O–H groups in total. The number of ether oxygens (including phenoxy) is 1. The Hall–Kier alpha value is -3.00. The highest BCUT2D eigenvalue weighted by Gasteiger charge is 2.29. The van der Waals surface area contributed by atoms with Gasteiger partial charge in [-0.1, -0.05) is 69.3 Å². The maximum absolute atomic E-state index is 12.2. The zero-order chi connectivity index (χ0) is 25.4. The molecule has 1 aliphatic rings. The molecule has 0 heterocycles. The SMILES string of the molecule is CC(C)(C)CCC(NC(=O)CSCCNC(=O)OCC1c2ccccc2-c2ccccc21)C(=O)O. The minimum Gasteiger partial charge on any atom is -0.480 e. The second kappa shape index (κ2) is 12.1. The minimum absolute atomic E-state index is 0.00199. The lowest BCUT2D eigenvalue weighted by atomic mass is 9.88. The molecule has 0 spiro atoms. The fraction of sp³-hybridized carbons (Fsp3) is 0.444. The number of carbonyl (C=O) groups excluding carboxylic acids is 2. The molecule has 1 atom stereocenters. The van der Waals surface area contributed by atoms with E-state index in [2.05, 4.69) is 34.9 Å². The molecule has 0 saturated heterocycles. The standard InChI is InChI=1S/C27H34N2O5S/c1-27(2,3)13-12-23(25(31)32)29-24(30)17-35-15-14-28-26(33)34-16-22-20-10-6-4-8-18(20)19-9-5-7-11-21(19)22/h4-11,22-23H,12-17H2,1-3H3,(H,28,33)(H,29,30)(H,31,32). The van der Waals surface area contributed by atoms with Gasteiger partial charge in [0.25, 0.3) is 0 Å². The van der Waals surface area contributed by atoms with E-state index in [0.29, 0.717) is 25.1 Å². The summed E-state index contributed by atoms with van der Waals surface area (Å²) in [4.78, 5) is 35.7. The highest BCUT2D eigenvalue weighted by molar-refractivity contribution is 7.99. The third-order valence-corrected chi connectivity index (χ3v) is 6.87. The molecule has 3 rings (SSSR count). The summed E-state index contributed by atoms with van der Waals surface area (Å²) in [6.07, 6.45) is 0.588. The first-order valence-corrected chi connectivity index (χ1v) is 13.0. The van der Waals surface area contributed by atoms with Crippen LogP contribution in [-0.4, -0.2) is 53.8 Å². The summed E-state index contributed by atoms with van der Waals surface area (Å²) >= 11 is 1.33. The second-order valence-electron chi connectivity index (χ2n) is 9.86. The predicted octanol–water partition coefficient (Wildman–Crippen LogP) is 4.65. The van der Waals surface area contributed by atoms with Gasteiger partial charge in [0.15, 0.2) is 0 Å². The number of hydrogen-bond acceptors (Lipinski definition) is 5. The lowest BCUT2D eigenvalue weighted by Crippen LogP contribution is -2.42. The van der Waals surface area contributed by atoms with Crippen LogP contribution in [0.2, 0.25) is 0 Å². The van der Waals surface area contributed by atoms with Crippen LogP contribution in [0.4, 0.5) is 4.79 Å². The van der Waals surface area contributed by atoms with E-state index in [1.54, 1.807) is 0 Å². The molecule has 0 saturated carbocycles. The van der Waals surface area contributed by atoms with Crippen molar-refractivity contribution in [3.63, 3.8) is 0 Å². The number of benzene rings is 2. The highest BCUT2D eigenvalue weighted by atomic mass is 32.2. The number of aliphatic carboxylic acids is 1. The topological polar surface area (TPSA) is 105 Å². The number of amides is 2. The summed E-state index contributed by atoms with van der Waals surface area (Å²) in [5, 5.41) is 14.6. The Bertz CT molecular complexity index is 1000. The van der Waals surface area contributed by atoms with Crippen LogP contribution in [-0.2, 0) is 14.3 Å². The molecular weight excluding hydrogens is 464 g/mol. The molecule has 0 radical (unpaired) electrons. The minimum atomic E-state index is -1.02. The van der Waals surface area contributed by atoms with E-state index in [1.165, 1.54) is 22.9 Å². The fourth-order valence-electron chi connectivity index (χ4n) is 4.11. The smallest absolute Gasteiger partial charge is 0.407 e. The Labute approximate surface area is 211 Å². The van der Waals surface area contributed by atoms with Crippen LogP contribution < -0.4 is 10.6 Å². The van der Waals surface area contributed by atoms with Crippen molar-refractivity contribution in [3.8, 4) is 11.1 Å². The van der Waals surface area contributed by atoms with Crippen molar-refractivity contribution in [2.24, 2.45) is 5.41 Å². The number of carboxylic acids is 1. The van der Waals surface area contributed by atoms with Gasteiger partial charge in [-0.3, -0.25) is 4.79 Å². The first-order chi connectivity index (χ1) is 16.7. The maximum atomic E-state index is 12.2. The summed E-state index contributed by atoms with van der Waals surface area (Å²) in [6.45, 7) is 6.70. The summed E-state index contributed by atoms with van der Waals surface area (Å²) in [6, 6.07) is 15.4. The monoisotopic (exact) mass is 498 g/mol. The number of alkyl carbamates (subject to hydrolysis) is 1. The molecule has 1 aliphatic carbocycles. The average molecular weight is 499 g/mol. The molecule has 1 unspecified atom stereocenters. The van der Waals surface area contributed by atoms with Gasteiger partial charge in [-0.25, -0.2) is 9.59 Å². The predicted molar refractivity (Wildman–Crippen MR) is 139 cm³/mol. The van der Waals surface area contributed by atoms with Crippen molar-refractivity contribution in [3.05, 3.63) is 59.7 Å². The van der Waals surface area contributed by atoms with Crippen LogP contribution in [0.1, 0.15) is 50.7 Å². The number of carbonyl (C=O) groups is 3. The summed E-state index contributed by atoms with van der Waals surface area (Å²) < 4.78 is 5.50. The van der Waals surface area contributed by atoms with E-state index in [4.69, 9.17) is 4.74 Å². The Morgan fingerprint density at radius 1 is 1.03 bits per heavy atom. The lowest BCUT2D eigenvalue weighted by Gasteiger charge is -2.21. The maximum Gasteiger partial charge on any atom is 0.407 e. The molecule has 0 aromatic heterocycles. The van der Waals surface area contributed by atoms with Crippen molar-refractivity contribution in [2.75, 3.05) is 24.7 Å². The van der Waals surface area contributed by atoms with Crippen LogP contribution in [0.15, 0.2) is 48.5 Å². The zero-order valence-corrected chi connectivity index (χ0v) is 21.3. The number of nitrogens with one attached hydrogen (secondary N) is 2. The van der Waals surface area contributed by atoms with Gasteiger partial charge in [0.2, 0.25) is 5.91 Å². The van der Waals surface area contributed by atoms with Gasteiger partial charge >= 0.3 is 12.1 Å². The van der Waals surface area contributed by atoms with Gasteiger partial charge in [-0.15, -0.1) is 0 Å². The van der Waals surface area contributed by atoms with Gasteiger partial charge in [0.1, 0.15) is 12.6 Å². The lowest BCUT2D eigenvalue weighted by molar-refractivity contribution is -0.141. The van der Waals surface area contributed by atoms with Crippen molar-refractivity contribution in [1.29, 1.82) is 0 Å². The Morgan fingerprint density at radius 3 is 2.20 bits per heavy atom. The van der Waals surface area contributed by atoms with E-state index in [0.717, 1.165) is 11.1 Å². The normalized spacial score (nSPS) is 13.5. The average Bonchev–Trinajstić information content (AvgIpc) is 3.13. The Kier molecular flexibility index (Phi) is 9.20. The van der Waals surface area contributed by atoms with Gasteiger partial charge in [-0.05, 0) is 40.5 Å². The Balaban J connectivity index is 1.36. The number of fused-ring (bicyclic) bond motifs is 3. The van der Waals surface area contributed by atoms with Gasteiger partial charge in [-0.2, -0.15) is 11.8 Å². The molecular formula is C27H34N2O5S. The highest BCUT2D eigenvalue weighted by Crippen LogP contribution is 2.44. The van der Waals surface area contributed by atoms with Crippen molar-refractivity contribution >= 4 is 29.7 Å². The number of thioether (sulfide) groups is 1. The summed E-state index contributed by atoms with van der Waals surface area (Å²) in [5.41, 5.74) is 4.67. The summed E-state index contributed by atoms with van der Waals surface area (Å²) in [5.74, 6) is -0.697. The number of hydrogen-bond donors (Lipinski definition) is 3. The molecule has 2 aromatic rings. The molecule has 0 aliphatic heterocycles.